The fourth-order valence-corrected chi connectivity index (χ4v) is 8.40. The Bertz CT molecular complexity index is 850. The van der Waals surface area contributed by atoms with E-state index in [-0.39, 0.29) is 28.4 Å². The van der Waals surface area contributed by atoms with Crippen LogP contribution in [0, 0.1) is 46.3 Å². The molecular weight excluding hydrogens is 396 g/mol. The molecule has 4 aliphatic carbocycles. The van der Waals surface area contributed by atoms with Crippen molar-refractivity contribution in [2.75, 3.05) is 0 Å². The van der Waals surface area contributed by atoms with E-state index in [4.69, 9.17) is 0 Å². The maximum Gasteiger partial charge on any atom is 0.160 e. The Labute approximate surface area is 195 Å². The number of Topliss-reactive ketones (excluding diaryl/α,β-unsaturated/α-hetero) is 2. The number of hydrogen-bond donors (Lipinski definition) is 1. The second-order valence-corrected chi connectivity index (χ2v) is 12.5. The van der Waals surface area contributed by atoms with E-state index in [1.54, 1.807) is 0 Å². The first-order valence-electron chi connectivity index (χ1n) is 13.1. The summed E-state index contributed by atoms with van der Waals surface area (Å²) >= 11 is 0. The second-order valence-electron chi connectivity index (χ2n) is 12.5. The van der Waals surface area contributed by atoms with Crippen LogP contribution in [0.3, 0.4) is 0 Å². The van der Waals surface area contributed by atoms with Crippen molar-refractivity contribution in [1.29, 1.82) is 0 Å². The van der Waals surface area contributed by atoms with Crippen LogP contribution in [0.4, 0.5) is 0 Å². The highest BCUT2D eigenvalue weighted by Crippen LogP contribution is 2.65. The van der Waals surface area contributed by atoms with Crippen molar-refractivity contribution >= 4 is 11.6 Å². The molecular formula is C29H44O3. The van der Waals surface area contributed by atoms with Crippen molar-refractivity contribution in [3.63, 3.8) is 0 Å². The van der Waals surface area contributed by atoms with Gasteiger partial charge in [-0.2, -0.15) is 0 Å². The van der Waals surface area contributed by atoms with Crippen LogP contribution in [-0.2, 0) is 9.59 Å². The largest absolute Gasteiger partial charge is 0.389 e. The zero-order valence-electron chi connectivity index (χ0n) is 21.2. The summed E-state index contributed by atoms with van der Waals surface area (Å²) in [5, 5.41) is 11.4. The summed E-state index contributed by atoms with van der Waals surface area (Å²) in [5.74, 6) is 2.47. The van der Waals surface area contributed by atoms with Gasteiger partial charge < -0.3 is 5.11 Å². The average molecular weight is 441 g/mol. The summed E-state index contributed by atoms with van der Waals surface area (Å²) in [7, 11) is 0. The number of aliphatic hydroxyl groups excluding tert-OH is 1. The highest BCUT2D eigenvalue weighted by atomic mass is 16.3. The number of hydrogen-bond acceptors (Lipinski definition) is 3. The SMILES string of the molecule is C=C(CC[C@@H](C)[C@H]1CC[C@H]2C3=C(C(=O)C[C@]12C)[C@@]1(C)CCC(=O)[C@@H](C)[C@@H]1C[C@@H]3O)C(C)C. The lowest BCUT2D eigenvalue weighted by Gasteiger charge is -2.55. The van der Waals surface area contributed by atoms with Gasteiger partial charge in [0.2, 0.25) is 0 Å². The molecule has 0 aliphatic heterocycles. The molecule has 32 heavy (non-hydrogen) atoms. The number of fused-ring (bicyclic) bond motifs is 4. The lowest BCUT2D eigenvalue weighted by atomic mass is 9.48. The standard InChI is InChI=1S/C29H44O3/c1-16(2)17(3)8-9-18(4)20-10-11-21-26-24(31)14-22-19(5)23(30)12-13-28(22,6)27(26)25(32)15-29(20,21)7/h16,18-22,24,31H,3,8-15H2,1-2,4-7H3/t18-,19+,20-,21+,22+,24+,28+,29-/m1/s1. The lowest BCUT2D eigenvalue weighted by Crippen LogP contribution is -2.54. The first-order chi connectivity index (χ1) is 14.9. The number of allylic oxidation sites excluding steroid dienone is 2. The summed E-state index contributed by atoms with van der Waals surface area (Å²) in [5.41, 5.74) is 3.02. The molecule has 4 rings (SSSR count). The van der Waals surface area contributed by atoms with E-state index in [0.29, 0.717) is 48.7 Å². The Morgan fingerprint density at radius 1 is 1.19 bits per heavy atom. The smallest absolute Gasteiger partial charge is 0.160 e. The van der Waals surface area contributed by atoms with Gasteiger partial charge in [0, 0.05) is 29.7 Å². The molecule has 0 amide bonds. The van der Waals surface area contributed by atoms with E-state index < -0.39 is 6.10 Å². The lowest BCUT2D eigenvalue weighted by molar-refractivity contribution is -0.135. The van der Waals surface area contributed by atoms with Crippen LogP contribution in [0.1, 0.15) is 92.9 Å². The third-order valence-corrected chi connectivity index (χ3v) is 10.5. The van der Waals surface area contributed by atoms with E-state index in [0.717, 1.165) is 43.3 Å². The number of carbonyl (C=O) groups is 2. The molecule has 0 bridgehead atoms. The molecule has 178 valence electrons. The Morgan fingerprint density at radius 3 is 2.53 bits per heavy atom. The topological polar surface area (TPSA) is 54.4 Å². The fourth-order valence-electron chi connectivity index (χ4n) is 8.40. The van der Waals surface area contributed by atoms with E-state index >= 15 is 0 Å². The van der Waals surface area contributed by atoms with Gasteiger partial charge in [0.05, 0.1) is 6.10 Å². The molecule has 0 aromatic rings. The molecule has 0 aromatic carbocycles. The van der Waals surface area contributed by atoms with Crippen molar-refractivity contribution < 1.29 is 14.7 Å². The van der Waals surface area contributed by atoms with Gasteiger partial charge in [-0.15, -0.1) is 0 Å². The molecule has 0 unspecified atom stereocenters. The average Bonchev–Trinajstić information content (AvgIpc) is 3.06. The van der Waals surface area contributed by atoms with Gasteiger partial charge in [0.15, 0.2) is 5.78 Å². The van der Waals surface area contributed by atoms with E-state index in [1.165, 1.54) is 5.57 Å². The van der Waals surface area contributed by atoms with Crippen molar-refractivity contribution in [1.82, 2.24) is 0 Å². The maximum atomic E-state index is 13.8. The van der Waals surface area contributed by atoms with E-state index in [1.807, 2.05) is 6.92 Å². The Kier molecular flexibility index (Phi) is 6.14. The van der Waals surface area contributed by atoms with Gasteiger partial charge in [-0.3, -0.25) is 9.59 Å². The molecule has 0 heterocycles. The van der Waals surface area contributed by atoms with Crippen LogP contribution in [0.15, 0.2) is 23.3 Å². The van der Waals surface area contributed by atoms with Crippen LogP contribution < -0.4 is 0 Å². The second kappa shape index (κ2) is 8.22. The van der Waals surface area contributed by atoms with Crippen LogP contribution in [0.2, 0.25) is 0 Å². The van der Waals surface area contributed by atoms with Crippen molar-refractivity contribution in [3.05, 3.63) is 23.3 Å². The summed E-state index contributed by atoms with van der Waals surface area (Å²) in [4.78, 5) is 26.3. The minimum absolute atomic E-state index is 0.0607. The molecule has 0 aromatic heterocycles. The minimum atomic E-state index is -0.570. The summed E-state index contributed by atoms with van der Waals surface area (Å²) in [6.07, 6.45) is 6.41. The number of carbonyl (C=O) groups excluding carboxylic acids is 2. The third-order valence-electron chi connectivity index (χ3n) is 10.5. The zero-order valence-corrected chi connectivity index (χ0v) is 21.2. The van der Waals surface area contributed by atoms with Crippen molar-refractivity contribution in [3.8, 4) is 0 Å². The van der Waals surface area contributed by atoms with Crippen LogP contribution >= 0.6 is 0 Å². The normalized spacial score (nSPS) is 42.6. The third kappa shape index (κ3) is 3.49. The van der Waals surface area contributed by atoms with Gasteiger partial charge in [-0.05, 0) is 79.1 Å². The maximum absolute atomic E-state index is 13.8. The zero-order chi connectivity index (χ0) is 23.6. The van der Waals surface area contributed by atoms with Crippen LogP contribution in [0.5, 0.6) is 0 Å². The molecule has 2 fully saturated rings. The predicted octanol–water partition coefficient (Wildman–Crippen LogP) is 6.30. The van der Waals surface area contributed by atoms with Crippen molar-refractivity contribution in [2.45, 2.75) is 99.0 Å². The number of aliphatic hydroxyl groups is 1. The number of rotatable bonds is 5. The quantitative estimate of drug-likeness (QED) is 0.510. The Morgan fingerprint density at radius 2 is 1.88 bits per heavy atom. The molecule has 3 heteroatoms. The molecule has 0 saturated heterocycles. The Hall–Kier alpha value is -1.22. The molecule has 0 spiro atoms. The monoisotopic (exact) mass is 440 g/mol. The van der Waals surface area contributed by atoms with Gasteiger partial charge in [0.25, 0.3) is 0 Å². The predicted molar refractivity (Wildman–Crippen MR) is 129 cm³/mol. The number of ketones is 2. The van der Waals surface area contributed by atoms with Gasteiger partial charge in [-0.1, -0.05) is 53.7 Å². The van der Waals surface area contributed by atoms with Gasteiger partial charge in [0.1, 0.15) is 5.78 Å². The molecule has 3 nitrogen and oxygen atoms in total. The fraction of sp³-hybridized carbons (Fsp3) is 0.793. The van der Waals surface area contributed by atoms with E-state index in [2.05, 4.69) is 41.2 Å². The Balaban J connectivity index is 1.65. The highest BCUT2D eigenvalue weighted by molar-refractivity contribution is 6.00. The first kappa shape index (κ1) is 23.9. The van der Waals surface area contributed by atoms with Crippen LogP contribution in [-0.4, -0.2) is 22.8 Å². The molecule has 0 radical (unpaired) electrons. The van der Waals surface area contributed by atoms with Crippen molar-refractivity contribution in [2.24, 2.45) is 46.3 Å². The summed E-state index contributed by atoms with van der Waals surface area (Å²) < 4.78 is 0. The minimum Gasteiger partial charge on any atom is -0.389 e. The van der Waals surface area contributed by atoms with Gasteiger partial charge in [-0.25, -0.2) is 0 Å². The summed E-state index contributed by atoms with van der Waals surface area (Å²) in [6, 6.07) is 0. The van der Waals surface area contributed by atoms with E-state index in [9.17, 15) is 14.7 Å². The molecule has 2 saturated carbocycles. The molecule has 4 aliphatic rings. The first-order valence-corrected chi connectivity index (χ1v) is 13.1. The van der Waals surface area contributed by atoms with Crippen LogP contribution in [0.25, 0.3) is 0 Å². The molecule has 8 atom stereocenters. The highest BCUT2D eigenvalue weighted by Gasteiger charge is 2.61. The molecule has 1 N–H and O–H groups in total. The summed E-state index contributed by atoms with van der Waals surface area (Å²) in [6.45, 7) is 17.6. The van der Waals surface area contributed by atoms with Gasteiger partial charge >= 0.3 is 0 Å².